The molecule has 0 saturated carbocycles. The van der Waals surface area contributed by atoms with Crippen molar-refractivity contribution in [3.05, 3.63) is 88.4 Å². The van der Waals surface area contributed by atoms with Gasteiger partial charge < -0.3 is 5.32 Å². The van der Waals surface area contributed by atoms with Crippen molar-refractivity contribution in [3.63, 3.8) is 0 Å². The molecular formula is C30H30F3N5O. The number of hydrogen-bond acceptors (Lipinski definition) is 4. The second kappa shape index (κ2) is 11.7. The number of fused-ring (bicyclic) bond motifs is 1. The van der Waals surface area contributed by atoms with Gasteiger partial charge in [-0.15, -0.1) is 0 Å². The fourth-order valence-electron chi connectivity index (χ4n) is 4.34. The molecule has 4 rings (SSSR count). The third-order valence-corrected chi connectivity index (χ3v) is 6.48. The smallest absolute Gasteiger partial charge is 0.322 e. The Balaban J connectivity index is 1.61. The standard InChI is InChI=1S/C30H30F3N5O/c1-5-11-38(6-2)19-21-12-25(30(31,32)33)15-26(13-21)36-29(39)23-8-7-20(3)22(14-23)9-10-24-16-34-18-28-27(24)17-35-37(28)4/h7-8,12-18H,5-6,11,19H2,1-4H3,(H,36,39). The van der Waals surface area contributed by atoms with E-state index in [1.165, 1.54) is 0 Å². The van der Waals surface area contributed by atoms with Gasteiger partial charge in [-0.05, 0) is 67.9 Å². The van der Waals surface area contributed by atoms with Crippen LogP contribution in [0.25, 0.3) is 10.9 Å². The molecule has 0 atom stereocenters. The van der Waals surface area contributed by atoms with E-state index >= 15 is 0 Å². The van der Waals surface area contributed by atoms with Gasteiger partial charge in [0.2, 0.25) is 0 Å². The van der Waals surface area contributed by atoms with Crippen molar-refractivity contribution in [1.82, 2.24) is 19.7 Å². The van der Waals surface area contributed by atoms with Crippen molar-refractivity contribution < 1.29 is 18.0 Å². The van der Waals surface area contributed by atoms with Gasteiger partial charge in [0.15, 0.2) is 0 Å². The Kier molecular flexibility index (Phi) is 8.36. The van der Waals surface area contributed by atoms with E-state index in [4.69, 9.17) is 0 Å². The molecule has 9 heteroatoms. The molecule has 0 unspecified atom stereocenters. The third-order valence-electron chi connectivity index (χ3n) is 6.48. The highest BCUT2D eigenvalue weighted by atomic mass is 19.4. The van der Waals surface area contributed by atoms with Crippen LogP contribution in [0.3, 0.4) is 0 Å². The number of aryl methyl sites for hydroxylation is 2. The van der Waals surface area contributed by atoms with Crippen LogP contribution in [-0.4, -0.2) is 38.7 Å². The fraction of sp³-hybridized carbons (Fsp3) is 0.300. The Morgan fingerprint density at radius 3 is 2.54 bits per heavy atom. The predicted octanol–water partition coefficient (Wildman–Crippen LogP) is 6.18. The summed E-state index contributed by atoms with van der Waals surface area (Å²) in [7, 11) is 1.83. The lowest BCUT2D eigenvalue weighted by Gasteiger charge is -2.21. The highest BCUT2D eigenvalue weighted by Gasteiger charge is 2.31. The highest BCUT2D eigenvalue weighted by molar-refractivity contribution is 6.04. The molecular weight excluding hydrogens is 503 g/mol. The Labute approximate surface area is 225 Å². The molecule has 0 spiro atoms. The molecule has 4 aromatic rings. The second-order valence-electron chi connectivity index (χ2n) is 9.41. The van der Waals surface area contributed by atoms with Crippen LogP contribution in [-0.2, 0) is 19.8 Å². The Hall–Kier alpha value is -4.16. The van der Waals surface area contributed by atoms with Gasteiger partial charge >= 0.3 is 6.18 Å². The van der Waals surface area contributed by atoms with Crippen LogP contribution >= 0.6 is 0 Å². The number of halogens is 3. The topological polar surface area (TPSA) is 63.1 Å². The van der Waals surface area contributed by atoms with Crippen LogP contribution in [0.4, 0.5) is 18.9 Å². The summed E-state index contributed by atoms with van der Waals surface area (Å²) in [5.41, 5.74) is 3.14. The Morgan fingerprint density at radius 1 is 1.05 bits per heavy atom. The molecule has 1 amide bonds. The van der Waals surface area contributed by atoms with E-state index < -0.39 is 17.6 Å². The molecule has 0 bridgehead atoms. The van der Waals surface area contributed by atoms with Crippen LogP contribution in [0.2, 0.25) is 0 Å². The molecule has 2 aromatic heterocycles. The van der Waals surface area contributed by atoms with Gasteiger partial charge in [-0.1, -0.05) is 31.8 Å². The Bertz CT molecular complexity index is 1560. The average molecular weight is 534 g/mol. The van der Waals surface area contributed by atoms with Crippen molar-refractivity contribution in [2.24, 2.45) is 7.05 Å². The summed E-state index contributed by atoms with van der Waals surface area (Å²) in [6.07, 6.45) is 1.46. The molecule has 1 N–H and O–H groups in total. The van der Waals surface area contributed by atoms with Crippen LogP contribution in [0.1, 0.15) is 58.4 Å². The van der Waals surface area contributed by atoms with E-state index in [-0.39, 0.29) is 5.69 Å². The van der Waals surface area contributed by atoms with Crippen molar-refractivity contribution in [1.29, 1.82) is 0 Å². The van der Waals surface area contributed by atoms with E-state index in [0.29, 0.717) is 35.3 Å². The number of benzene rings is 2. The van der Waals surface area contributed by atoms with Crippen molar-refractivity contribution >= 4 is 22.5 Å². The molecule has 2 heterocycles. The number of amides is 1. The lowest BCUT2D eigenvalue weighted by atomic mass is 10.0. The lowest BCUT2D eigenvalue weighted by molar-refractivity contribution is -0.137. The first-order chi connectivity index (χ1) is 18.6. The number of anilines is 1. The van der Waals surface area contributed by atoms with E-state index in [2.05, 4.69) is 32.1 Å². The minimum absolute atomic E-state index is 0.0971. The monoisotopic (exact) mass is 533 g/mol. The summed E-state index contributed by atoms with van der Waals surface area (Å²) in [6.45, 7) is 7.72. The predicted molar refractivity (Wildman–Crippen MR) is 146 cm³/mol. The number of nitrogens with zero attached hydrogens (tertiary/aromatic N) is 4. The number of alkyl halides is 3. The first-order valence-corrected chi connectivity index (χ1v) is 12.7. The zero-order valence-electron chi connectivity index (χ0n) is 22.4. The van der Waals surface area contributed by atoms with Gasteiger partial charge in [-0.25, -0.2) is 0 Å². The lowest BCUT2D eigenvalue weighted by Crippen LogP contribution is -2.24. The molecule has 0 saturated heterocycles. The highest BCUT2D eigenvalue weighted by Crippen LogP contribution is 2.32. The first-order valence-electron chi connectivity index (χ1n) is 12.7. The molecule has 2 aromatic carbocycles. The molecule has 0 fully saturated rings. The first kappa shape index (κ1) is 27.9. The normalized spacial score (nSPS) is 11.5. The van der Waals surface area contributed by atoms with Gasteiger partial charge in [0.25, 0.3) is 5.91 Å². The minimum Gasteiger partial charge on any atom is -0.322 e. The number of hydrogen-bond donors (Lipinski definition) is 1. The van der Waals surface area contributed by atoms with E-state index in [0.717, 1.165) is 41.6 Å². The summed E-state index contributed by atoms with van der Waals surface area (Å²) in [4.78, 5) is 19.4. The van der Waals surface area contributed by atoms with Gasteiger partial charge in [0.05, 0.1) is 29.0 Å². The number of nitrogens with one attached hydrogen (secondary N) is 1. The third kappa shape index (κ3) is 6.65. The molecule has 0 radical (unpaired) electrons. The van der Waals surface area contributed by atoms with E-state index in [1.807, 2.05) is 27.8 Å². The van der Waals surface area contributed by atoms with Gasteiger partial charge in [-0.3, -0.25) is 19.4 Å². The van der Waals surface area contributed by atoms with Crippen LogP contribution < -0.4 is 5.32 Å². The maximum Gasteiger partial charge on any atom is 0.416 e. The van der Waals surface area contributed by atoms with E-state index in [9.17, 15) is 18.0 Å². The summed E-state index contributed by atoms with van der Waals surface area (Å²) < 4.78 is 42.7. The Morgan fingerprint density at radius 2 is 1.82 bits per heavy atom. The second-order valence-corrected chi connectivity index (χ2v) is 9.41. The largest absolute Gasteiger partial charge is 0.416 e. The van der Waals surface area contributed by atoms with Gasteiger partial charge in [0, 0.05) is 42.0 Å². The number of carbonyl (C=O) groups excluding carboxylic acids is 1. The van der Waals surface area contributed by atoms with Gasteiger partial charge in [-0.2, -0.15) is 18.3 Å². The number of rotatable bonds is 7. The van der Waals surface area contributed by atoms with Gasteiger partial charge in [0.1, 0.15) is 0 Å². The summed E-state index contributed by atoms with van der Waals surface area (Å²) >= 11 is 0. The quantitative estimate of drug-likeness (QED) is 0.288. The molecule has 0 aliphatic carbocycles. The summed E-state index contributed by atoms with van der Waals surface area (Å²) in [6, 6.07) is 8.75. The zero-order chi connectivity index (χ0) is 28.2. The summed E-state index contributed by atoms with van der Waals surface area (Å²) in [5, 5.41) is 7.77. The molecule has 6 nitrogen and oxygen atoms in total. The van der Waals surface area contributed by atoms with Crippen LogP contribution in [0.15, 0.2) is 55.0 Å². The van der Waals surface area contributed by atoms with Crippen molar-refractivity contribution in [2.45, 2.75) is 39.9 Å². The summed E-state index contributed by atoms with van der Waals surface area (Å²) in [5.74, 6) is 5.71. The molecule has 0 aliphatic heterocycles. The molecule has 39 heavy (non-hydrogen) atoms. The molecule has 202 valence electrons. The van der Waals surface area contributed by atoms with Crippen molar-refractivity contribution in [2.75, 3.05) is 18.4 Å². The number of carbonyl (C=O) groups is 1. The maximum absolute atomic E-state index is 13.6. The fourth-order valence-corrected chi connectivity index (χ4v) is 4.34. The van der Waals surface area contributed by atoms with Crippen molar-refractivity contribution in [3.8, 4) is 11.8 Å². The number of pyridine rings is 1. The maximum atomic E-state index is 13.6. The van der Waals surface area contributed by atoms with E-state index in [1.54, 1.807) is 47.5 Å². The van der Waals surface area contributed by atoms with Crippen LogP contribution in [0, 0.1) is 18.8 Å². The van der Waals surface area contributed by atoms with Crippen LogP contribution in [0.5, 0.6) is 0 Å². The SMILES string of the molecule is CCCN(CC)Cc1cc(NC(=O)c2ccc(C)c(C#Cc3cncc4c3cnn4C)c2)cc(C(F)(F)F)c1. The average Bonchev–Trinajstić information content (AvgIpc) is 3.28. The molecule has 0 aliphatic rings. The zero-order valence-corrected chi connectivity index (χ0v) is 22.4. The number of aromatic nitrogens is 3. The minimum atomic E-state index is -4.53.